The summed E-state index contributed by atoms with van der Waals surface area (Å²) in [7, 11) is 0. The van der Waals surface area contributed by atoms with E-state index in [1.807, 2.05) is 0 Å². The lowest BCUT2D eigenvalue weighted by Gasteiger charge is -2.09. The fourth-order valence-electron chi connectivity index (χ4n) is 1.16. The molecule has 0 spiro atoms. The molecular formula is C11H14FNO3. The van der Waals surface area contributed by atoms with Crippen molar-refractivity contribution in [3.8, 4) is 5.75 Å². The Morgan fingerprint density at radius 2 is 2.31 bits per heavy atom. The van der Waals surface area contributed by atoms with E-state index in [0.717, 1.165) is 0 Å². The van der Waals surface area contributed by atoms with Gasteiger partial charge in [-0.25, -0.2) is 4.39 Å². The van der Waals surface area contributed by atoms with Crippen molar-refractivity contribution in [3.63, 3.8) is 0 Å². The molecule has 16 heavy (non-hydrogen) atoms. The van der Waals surface area contributed by atoms with Crippen LogP contribution in [0.15, 0.2) is 18.2 Å². The lowest BCUT2D eigenvalue weighted by Crippen LogP contribution is -2.14. The van der Waals surface area contributed by atoms with E-state index in [-0.39, 0.29) is 18.8 Å². The smallest absolute Gasteiger partial charge is 0.220 e. The number of aliphatic hydroxyl groups is 1. The fraction of sp³-hybridized carbons (Fsp3) is 0.364. The van der Waals surface area contributed by atoms with E-state index in [4.69, 9.17) is 10.5 Å². The summed E-state index contributed by atoms with van der Waals surface area (Å²) >= 11 is 0. The predicted molar refractivity (Wildman–Crippen MR) is 56.3 cm³/mol. The lowest BCUT2D eigenvalue weighted by molar-refractivity contribution is -0.118. The van der Waals surface area contributed by atoms with E-state index in [1.54, 1.807) is 13.0 Å². The van der Waals surface area contributed by atoms with Crippen molar-refractivity contribution in [1.29, 1.82) is 0 Å². The van der Waals surface area contributed by atoms with E-state index in [0.29, 0.717) is 5.56 Å². The van der Waals surface area contributed by atoms with Crippen molar-refractivity contribution in [1.82, 2.24) is 0 Å². The lowest BCUT2D eigenvalue weighted by atomic mass is 10.1. The third-order valence-electron chi connectivity index (χ3n) is 2.04. The Bertz CT molecular complexity index is 379. The molecule has 0 fully saturated rings. The van der Waals surface area contributed by atoms with Crippen LogP contribution in [-0.2, 0) is 4.79 Å². The van der Waals surface area contributed by atoms with Gasteiger partial charge < -0.3 is 15.6 Å². The van der Waals surface area contributed by atoms with Gasteiger partial charge in [0.1, 0.15) is 0 Å². The molecule has 1 aromatic carbocycles. The molecule has 1 atom stereocenters. The van der Waals surface area contributed by atoms with E-state index < -0.39 is 17.8 Å². The molecule has 1 aromatic rings. The topological polar surface area (TPSA) is 72.6 Å². The fourth-order valence-corrected chi connectivity index (χ4v) is 1.16. The second kappa shape index (κ2) is 5.46. The van der Waals surface area contributed by atoms with Crippen molar-refractivity contribution < 1.29 is 19.0 Å². The van der Waals surface area contributed by atoms with Crippen LogP contribution < -0.4 is 10.5 Å². The van der Waals surface area contributed by atoms with Gasteiger partial charge in [0.15, 0.2) is 11.6 Å². The predicted octanol–water partition coefficient (Wildman–Crippen LogP) is 1.13. The van der Waals surface area contributed by atoms with Gasteiger partial charge in [-0.15, -0.1) is 0 Å². The van der Waals surface area contributed by atoms with E-state index in [1.165, 1.54) is 12.1 Å². The summed E-state index contributed by atoms with van der Waals surface area (Å²) in [5.41, 5.74) is 5.38. The molecule has 0 aliphatic carbocycles. The van der Waals surface area contributed by atoms with Crippen molar-refractivity contribution in [3.05, 3.63) is 29.6 Å². The summed E-state index contributed by atoms with van der Waals surface area (Å²) in [6.45, 7) is 1.59. The number of rotatable bonds is 5. The summed E-state index contributed by atoms with van der Waals surface area (Å²) in [6, 6.07) is 4.18. The zero-order valence-corrected chi connectivity index (χ0v) is 8.94. The first-order valence-corrected chi connectivity index (χ1v) is 4.89. The number of amides is 1. The van der Waals surface area contributed by atoms with Crippen molar-refractivity contribution in [2.45, 2.75) is 19.4 Å². The van der Waals surface area contributed by atoms with Crippen LogP contribution in [0.4, 0.5) is 4.39 Å². The maximum Gasteiger partial charge on any atom is 0.220 e. The van der Waals surface area contributed by atoms with Crippen LogP contribution >= 0.6 is 0 Å². The van der Waals surface area contributed by atoms with Gasteiger partial charge in [-0.2, -0.15) is 0 Å². The second-order valence-electron chi connectivity index (χ2n) is 3.43. The summed E-state index contributed by atoms with van der Waals surface area (Å²) < 4.78 is 18.4. The number of carbonyl (C=O) groups is 1. The first kappa shape index (κ1) is 12.4. The summed E-state index contributed by atoms with van der Waals surface area (Å²) in [4.78, 5) is 10.4. The van der Waals surface area contributed by atoms with Gasteiger partial charge in [-0.1, -0.05) is 6.07 Å². The zero-order chi connectivity index (χ0) is 12.1. The molecule has 0 heterocycles. The van der Waals surface area contributed by atoms with Crippen LogP contribution in [-0.4, -0.2) is 17.6 Å². The highest BCUT2D eigenvalue weighted by Crippen LogP contribution is 2.21. The third-order valence-corrected chi connectivity index (χ3v) is 2.04. The molecule has 0 aliphatic rings. The Morgan fingerprint density at radius 1 is 1.62 bits per heavy atom. The number of benzene rings is 1. The third kappa shape index (κ3) is 3.51. The molecule has 0 bridgehead atoms. The minimum Gasteiger partial charge on any atom is -0.490 e. The maximum absolute atomic E-state index is 13.4. The average molecular weight is 227 g/mol. The van der Waals surface area contributed by atoms with Crippen LogP contribution in [0.25, 0.3) is 0 Å². The number of halogens is 1. The SMILES string of the molecule is C[C@H](O)c1ccc(OCCC(N)=O)c(F)c1. The Morgan fingerprint density at radius 3 is 2.81 bits per heavy atom. The van der Waals surface area contributed by atoms with E-state index in [2.05, 4.69) is 0 Å². The molecule has 4 nitrogen and oxygen atoms in total. The molecule has 5 heteroatoms. The van der Waals surface area contributed by atoms with Gasteiger partial charge in [-0.05, 0) is 24.6 Å². The number of hydrogen-bond donors (Lipinski definition) is 2. The normalized spacial score (nSPS) is 12.2. The highest BCUT2D eigenvalue weighted by atomic mass is 19.1. The quantitative estimate of drug-likeness (QED) is 0.792. The highest BCUT2D eigenvalue weighted by molar-refractivity contribution is 5.73. The molecule has 0 saturated heterocycles. The van der Waals surface area contributed by atoms with Gasteiger partial charge in [0.25, 0.3) is 0 Å². The minimum atomic E-state index is -0.728. The molecular weight excluding hydrogens is 213 g/mol. The van der Waals surface area contributed by atoms with Crippen LogP contribution in [0.1, 0.15) is 25.0 Å². The molecule has 0 aliphatic heterocycles. The number of ether oxygens (including phenoxy) is 1. The number of nitrogens with two attached hydrogens (primary N) is 1. The van der Waals surface area contributed by atoms with Gasteiger partial charge in [0.2, 0.25) is 5.91 Å². The number of primary amides is 1. The monoisotopic (exact) mass is 227 g/mol. The molecule has 0 aromatic heterocycles. The molecule has 1 rings (SSSR count). The van der Waals surface area contributed by atoms with Crippen molar-refractivity contribution >= 4 is 5.91 Å². The highest BCUT2D eigenvalue weighted by Gasteiger charge is 2.08. The zero-order valence-electron chi connectivity index (χ0n) is 8.94. The number of aliphatic hydroxyl groups excluding tert-OH is 1. The Balaban J connectivity index is 2.64. The molecule has 0 radical (unpaired) electrons. The van der Waals surface area contributed by atoms with Gasteiger partial charge in [0.05, 0.1) is 19.1 Å². The molecule has 1 amide bonds. The van der Waals surface area contributed by atoms with Crippen LogP contribution in [0, 0.1) is 5.82 Å². The van der Waals surface area contributed by atoms with Crippen LogP contribution in [0.3, 0.4) is 0 Å². The Kier molecular flexibility index (Phi) is 4.25. The Labute approximate surface area is 92.8 Å². The molecule has 0 unspecified atom stereocenters. The minimum absolute atomic E-state index is 0.0393. The number of hydrogen-bond acceptors (Lipinski definition) is 3. The average Bonchev–Trinajstić information content (AvgIpc) is 2.19. The number of carbonyl (C=O) groups excluding carboxylic acids is 1. The van der Waals surface area contributed by atoms with Crippen LogP contribution in [0.5, 0.6) is 5.75 Å². The van der Waals surface area contributed by atoms with Gasteiger partial charge >= 0.3 is 0 Å². The second-order valence-corrected chi connectivity index (χ2v) is 3.43. The molecule has 0 saturated carbocycles. The maximum atomic E-state index is 13.4. The van der Waals surface area contributed by atoms with Crippen molar-refractivity contribution in [2.75, 3.05) is 6.61 Å². The van der Waals surface area contributed by atoms with Gasteiger partial charge in [-0.3, -0.25) is 4.79 Å². The molecule has 3 N–H and O–H groups in total. The van der Waals surface area contributed by atoms with Crippen LogP contribution in [0.2, 0.25) is 0 Å². The van der Waals surface area contributed by atoms with Crippen molar-refractivity contribution in [2.24, 2.45) is 5.73 Å². The summed E-state index contributed by atoms with van der Waals surface area (Å²) in [6.07, 6.45) is -0.688. The van der Waals surface area contributed by atoms with E-state index in [9.17, 15) is 14.3 Å². The standard InChI is InChI=1S/C11H14FNO3/c1-7(14)8-2-3-10(9(12)6-8)16-5-4-11(13)15/h2-3,6-7,14H,4-5H2,1H3,(H2,13,15)/t7-/m0/s1. The molecule has 88 valence electrons. The first-order valence-electron chi connectivity index (χ1n) is 4.89. The summed E-state index contributed by atoms with van der Waals surface area (Å²) in [5, 5.41) is 9.22. The first-order chi connectivity index (χ1) is 7.50. The van der Waals surface area contributed by atoms with Gasteiger partial charge in [0, 0.05) is 0 Å². The van der Waals surface area contributed by atoms with E-state index >= 15 is 0 Å². The Hall–Kier alpha value is -1.62. The largest absolute Gasteiger partial charge is 0.490 e. The summed E-state index contributed by atoms with van der Waals surface area (Å²) in [5.74, 6) is -1.02.